The number of aromatic carboxylic acids is 1. The Labute approximate surface area is 98.1 Å². The van der Waals surface area contributed by atoms with Gasteiger partial charge in [0.25, 0.3) is 0 Å². The highest BCUT2D eigenvalue weighted by Gasteiger charge is 2.03. The third kappa shape index (κ3) is 2.78. The summed E-state index contributed by atoms with van der Waals surface area (Å²) in [5.41, 5.74) is 1.73. The molecule has 1 heterocycles. The maximum absolute atomic E-state index is 10.8. The molecule has 0 amide bonds. The third-order valence-corrected chi connectivity index (χ3v) is 2.18. The van der Waals surface area contributed by atoms with Gasteiger partial charge in [0.15, 0.2) is 5.82 Å². The van der Waals surface area contributed by atoms with E-state index in [1.165, 1.54) is 6.07 Å². The summed E-state index contributed by atoms with van der Waals surface area (Å²) < 4.78 is 0. The van der Waals surface area contributed by atoms with Crippen molar-refractivity contribution in [3.05, 3.63) is 47.7 Å². The molecule has 86 valence electrons. The number of carboxylic acids is 1. The summed E-state index contributed by atoms with van der Waals surface area (Å²) in [5.74, 6) is -0.373. The van der Waals surface area contributed by atoms with Gasteiger partial charge < -0.3 is 10.4 Å². The number of nitrogens with one attached hydrogen (secondary N) is 1. The fourth-order valence-corrected chi connectivity index (χ4v) is 1.34. The topological polar surface area (TPSA) is 75.1 Å². The number of benzene rings is 1. The van der Waals surface area contributed by atoms with Crippen molar-refractivity contribution in [1.29, 1.82) is 0 Å². The Balaban J connectivity index is 2.21. The highest BCUT2D eigenvalue weighted by Crippen LogP contribution is 2.15. The first-order valence-electron chi connectivity index (χ1n) is 5.06. The number of hydrogen-bond donors (Lipinski definition) is 2. The Morgan fingerprint density at radius 3 is 2.71 bits per heavy atom. The molecule has 2 rings (SSSR count). The minimum atomic E-state index is -0.955. The summed E-state index contributed by atoms with van der Waals surface area (Å²) in [6.07, 6.45) is 0. The number of nitrogens with zero attached hydrogens (tertiary/aromatic N) is 2. The van der Waals surface area contributed by atoms with Crippen molar-refractivity contribution in [3.63, 3.8) is 0 Å². The summed E-state index contributed by atoms with van der Waals surface area (Å²) in [5, 5.41) is 19.7. The van der Waals surface area contributed by atoms with Gasteiger partial charge in [-0.1, -0.05) is 6.07 Å². The van der Waals surface area contributed by atoms with Crippen LogP contribution in [0.5, 0.6) is 0 Å². The Bertz CT molecular complexity index is 538. The van der Waals surface area contributed by atoms with Crippen molar-refractivity contribution >= 4 is 17.5 Å². The second kappa shape index (κ2) is 4.61. The van der Waals surface area contributed by atoms with E-state index in [9.17, 15) is 4.79 Å². The molecule has 0 fully saturated rings. The largest absolute Gasteiger partial charge is 0.478 e. The van der Waals surface area contributed by atoms with Crippen molar-refractivity contribution in [2.45, 2.75) is 6.92 Å². The molecule has 5 nitrogen and oxygen atoms in total. The van der Waals surface area contributed by atoms with E-state index in [1.54, 1.807) is 24.3 Å². The van der Waals surface area contributed by atoms with E-state index in [0.717, 1.165) is 5.69 Å². The molecular formula is C12H11N3O2. The molecule has 0 radical (unpaired) electrons. The maximum Gasteiger partial charge on any atom is 0.335 e. The van der Waals surface area contributed by atoms with Gasteiger partial charge in [-0.05, 0) is 37.3 Å². The molecule has 0 aliphatic heterocycles. The Morgan fingerprint density at radius 1 is 1.24 bits per heavy atom. The van der Waals surface area contributed by atoms with Crippen LogP contribution in [0.4, 0.5) is 11.5 Å². The van der Waals surface area contributed by atoms with Gasteiger partial charge in [0.05, 0.1) is 11.3 Å². The molecule has 0 spiro atoms. The average molecular weight is 229 g/mol. The minimum absolute atomic E-state index is 0.232. The molecule has 0 aliphatic rings. The van der Waals surface area contributed by atoms with Crippen molar-refractivity contribution in [3.8, 4) is 0 Å². The summed E-state index contributed by atoms with van der Waals surface area (Å²) in [4.78, 5) is 10.8. The Hall–Kier alpha value is -2.43. The van der Waals surface area contributed by atoms with E-state index < -0.39 is 5.97 Å². The van der Waals surface area contributed by atoms with Gasteiger partial charge in [0.1, 0.15) is 0 Å². The van der Waals surface area contributed by atoms with Crippen LogP contribution in [0.3, 0.4) is 0 Å². The minimum Gasteiger partial charge on any atom is -0.478 e. The first kappa shape index (κ1) is 11.1. The van der Waals surface area contributed by atoms with Crippen LogP contribution in [0.25, 0.3) is 0 Å². The molecule has 0 bridgehead atoms. The number of carboxylic acid groups (broad SMARTS) is 1. The van der Waals surface area contributed by atoms with Crippen molar-refractivity contribution in [2.24, 2.45) is 0 Å². The second-order valence-corrected chi connectivity index (χ2v) is 3.57. The average Bonchev–Trinajstić information content (AvgIpc) is 2.32. The van der Waals surface area contributed by atoms with Crippen LogP contribution >= 0.6 is 0 Å². The molecule has 0 saturated heterocycles. The van der Waals surface area contributed by atoms with E-state index in [2.05, 4.69) is 15.5 Å². The number of aromatic nitrogens is 2. The molecule has 1 aromatic heterocycles. The van der Waals surface area contributed by atoms with Crippen LogP contribution in [0.15, 0.2) is 36.4 Å². The summed E-state index contributed by atoms with van der Waals surface area (Å²) in [6.45, 7) is 1.85. The number of hydrogen-bond acceptors (Lipinski definition) is 4. The standard InChI is InChI=1S/C12H11N3O2/c1-8-5-6-11(15-14-8)13-10-4-2-3-9(7-10)12(16)17/h2-7H,1H3,(H,13,15)(H,16,17). The van der Waals surface area contributed by atoms with Gasteiger partial charge in [0.2, 0.25) is 0 Å². The highest BCUT2D eigenvalue weighted by atomic mass is 16.4. The normalized spacial score (nSPS) is 9.94. The van der Waals surface area contributed by atoms with Gasteiger partial charge in [-0.15, -0.1) is 5.10 Å². The van der Waals surface area contributed by atoms with Gasteiger partial charge in [-0.2, -0.15) is 5.10 Å². The van der Waals surface area contributed by atoms with Crippen LogP contribution in [0.1, 0.15) is 16.1 Å². The van der Waals surface area contributed by atoms with E-state index in [1.807, 2.05) is 13.0 Å². The predicted molar refractivity (Wildman–Crippen MR) is 63.5 cm³/mol. The number of aryl methyl sites for hydroxylation is 1. The molecule has 2 aromatic rings. The maximum atomic E-state index is 10.8. The zero-order valence-corrected chi connectivity index (χ0v) is 9.21. The zero-order chi connectivity index (χ0) is 12.3. The van der Waals surface area contributed by atoms with Gasteiger partial charge in [-0.25, -0.2) is 4.79 Å². The van der Waals surface area contributed by atoms with E-state index in [0.29, 0.717) is 11.5 Å². The molecular weight excluding hydrogens is 218 g/mol. The lowest BCUT2D eigenvalue weighted by molar-refractivity contribution is 0.0697. The summed E-state index contributed by atoms with van der Waals surface area (Å²) in [6, 6.07) is 10.1. The van der Waals surface area contributed by atoms with Crippen LogP contribution < -0.4 is 5.32 Å². The Morgan fingerprint density at radius 2 is 2.06 bits per heavy atom. The first-order chi connectivity index (χ1) is 8.15. The van der Waals surface area contributed by atoms with Crippen molar-refractivity contribution < 1.29 is 9.90 Å². The molecule has 5 heteroatoms. The van der Waals surface area contributed by atoms with Gasteiger partial charge in [-0.3, -0.25) is 0 Å². The monoisotopic (exact) mass is 229 g/mol. The molecule has 1 aromatic carbocycles. The predicted octanol–water partition coefficient (Wildman–Crippen LogP) is 2.23. The molecule has 0 aliphatic carbocycles. The molecule has 2 N–H and O–H groups in total. The van der Waals surface area contributed by atoms with Gasteiger partial charge >= 0.3 is 5.97 Å². The summed E-state index contributed by atoms with van der Waals surface area (Å²) >= 11 is 0. The molecule has 17 heavy (non-hydrogen) atoms. The lowest BCUT2D eigenvalue weighted by atomic mass is 10.2. The van der Waals surface area contributed by atoms with Crippen molar-refractivity contribution in [1.82, 2.24) is 10.2 Å². The van der Waals surface area contributed by atoms with Crippen LogP contribution in [0, 0.1) is 6.92 Å². The zero-order valence-electron chi connectivity index (χ0n) is 9.21. The lowest BCUT2D eigenvalue weighted by Gasteiger charge is -2.05. The fourth-order valence-electron chi connectivity index (χ4n) is 1.34. The SMILES string of the molecule is Cc1ccc(Nc2cccc(C(=O)O)c2)nn1. The Kier molecular flexibility index (Phi) is 3.00. The molecule has 0 unspecified atom stereocenters. The number of rotatable bonds is 3. The van der Waals surface area contributed by atoms with Crippen LogP contribution in [0.2, 0.25) is 0 Å². The fraction of sp³-hybridized carbons (Fsp3) is 0.0833. The lowest BCUT2D eigenvalue weighted by Crippen LogP contribution is -1.99. The second-order valence-electron chi connectivity index (χ2n) is 3.57. The van der Waals surface area contributed by atoms with E-state index in [-0.39, 0.29) is 5.56 Å². The van der Waals surface area contributed by atoms with E-state index >= 15 is 0 Å². The smallest absolute Gasteiger partial charge is 0.335 e. The highest BCUT2D eigenvalue weighted by molar-refractivity contribution is 5.89. The van der Waals surface area contributed by atoms with Gasteiger partial charge in [0, 0.05) is 5.69 Å². The third-order valence-electron chi connectivity index (χ3n) is 2.18. The molecule has 0 saturated carbocycles. The first-order valence-corrected chi connectivity index (χ1v) is 5.06. The molecule has 0 atom stereocenters. The van der Waals surface area contributed by atoms with Crippen LogP contribution in [-0.2, 0) is 0 Å². The number of carbonyl (C=O) groups is 1. The summed E-state index contributed by atoms with van der Waals surface area (Å²) in [7, 11) is 0. The van der Waals surface area contributed by atoms with Crippen LogP contribution in [-0.4, -0.2) is 21.3 Å². The quantitative estimate of drug-likeness (QED) is 0.844. The van der Waals surface area contributed by atoms with Crippen molar-refractivity contribution in [2.75, 3.05) is 5.32 Å². The number of anilines is 2. The van der Waals surface area contributed by atoms with E-state index in [4.69, 9.17) is 5.11 Å².